The molecule has 2 aromatic carbocycles. The highest BCUT2D eigenvalue weighted by Crippen LogP contribution is 2.35. The third-order valence-electron chi connectivity index (χ3n) is 3.85. The number of hydrogen-bond acceptors (Lipinski definition) is 4. The first-order valence-electron chi connectivity index (χ1n) is 7.85. The quantitative estimate of drug-likeness (QED) is 0.781. The van der Waals surface area contributed by atoms with Crippen molar-refractivity contribution in [2.24, 2.45) is 0 Å². The van der Waals surface area contributed by atoms with Crippen molar-refractivity contribution < 1.29 is 14.6 Å². The summed E-state index contributed by atoms with van der Waals surface area (Å²) in [6, 6.07) is 12.1. The number of aryl methyl sites for hydroxylation is 1. The Morgan fingerprint density at radius 1 is 1.04 bits per heavy atom. The lowest BCUT2D eigenvalue weighted by Crippen LogP contribution is -2.26. The van der Waals surface area contributed by atoms with Crippen molar-refractivity contribution in [3.8, 4) is 11.5 Å². The molecule has 0 heterocycles. The van der Waals surface area contributed by atoms with E-state index in [2.05, 4.69) is 36.1 Å². The van der Waals surface area contributed by atoms with Crippen LogP contribution in [0.1, 0.15) is 16.7 Å². The van der Waals surface area contributed by atoms with Gasteiger partial charge in [-0.2, -0.15) is 0 Å². The maximum Gasteiger partial charge on any atom is 0.176 e. The highest BCUT2D eigenvalue weighted by Gasteiger charge is 2.12. The number of methoxy groups -OCH3 is 2. The highest BCUT2D eigenvalue weighted by molar-refractivity contribution is 6.32. The van der Waals surface area contributed by atoms with Gasteiger partial charge in [0, 0.05) is 26.7 Å². The first kappa shape index (κ1) is 18.6. The molecule has 0 amide bonds. The minimum absolute atomic E-state index is 0.0232. The van der Waals surface area contributed by atoms with E-state index in [1.54, 1.807) is 13.2 Å². The summed E-state index contributed by atoms with van der Waals surface area (Å²) in [5.41, 5.74) is 3.48. The van der Waals surface area contributed by atoms with Gasteiger partial charge in [-0.15, -0.1) is 0 Å². The van der Waals surface area contributed by atoms with E-state index in [-0.39, 0.29) is 5.75 Å². The molecule has 2 aromatic rings. The third kappa shape index (κ3) is 5.13. The van der Waals surface area contributed by atoms with E-state index in [0.29, 0.717) is 23.9 Å². The molecule has 0 aromatic heterocycles. The largest absolute Gasteiger partial charge is 0.503 e. The smallest absolute Gasteiger partial charge is 0.176 e. The Morgan fingerprint density at radius 3 is 2.33 bits per heavy atom. The van der Waals surface area contributed by atoms with E-state index in [9.17, 15) is 5.11 Å². The van der Waals surface area contributed by atoms with Gasteiger partial charge in [0.1, 0.15) is 0 Å². The number of benzene rings is 2. The predicted molar refractivity (Wildman–Crippen MR) is 96.8 cm³/mol. The number of phenols is 1. The standard InChI is InChI=1S/C19H24ClNO3/c1-14-4-6-15(7-5-14)12-21(8-9-23-2)13-16-10-17(20)19(22)18(11-16)24-3/h4-7,10-11,22H,8-9,12-13H2,1-3H3. The van der Waals surface area contributed by atoms with Crippen LogP contribution in [0.2, 0.25) is 5.02 Å². The van der Waals surface area contributed by atoms with Crippen LogP contribution in [0.4, 0.5) is 0 Å². The predicted octanol–water partition coefficient (Wildman–Crippen LogP) is 4.01. The molecular weight excluding hydrogens is 326 g/mol. The Bertz CT molecular complexity index is 658. The monoisotopic (exact) mass is 349 g/mol. The molecule has 0 atom stereocenters. The second-order valence-corrected chi connectivity index (χ2v) is 6.22. The van der Waals surface area contributed by atoms with Gasteiger partial charge in [-0.25, -0.2) is 0 Å². The molecule has 5 heteroatoms. The van der Waals surface area contributed by atoms with E-state index in [0.717, 1.165) is 18.7 Å². The Kier molecular flexibility index (Phi) is 6.91. The van der Waals surface area contributed by atoms with Crippen LogP contribution < -0.4 is 4.74 Å². The van der Waals surface area contributed by atoms with Crippen molar-refractivity contribution in [3.05, 3.63) is 58.1 Å². The second kappa shape index (κ2) is 8.92. The number of aromatic hydroxyl groups is 1. The summed E-state index contributed by atoms with van der Waals surface area (Å²) < 4.78 is 10.4. The van der Waals surface area contributed by atoms with Crippen molar-refractivity contribution in [1.29, 1.82) is 0 Å². The minimum atomic E-state index is -0.0232. The van der Waals surface area contributed by atoms with E-state index < -0.39 is 0 Å². The Labute approximate surface area is 148 Å². The van der Waals surface area contributed by atoms with Crippen LogP contribution >= 0.6 is 11.6 Å². The van der Waals surface area contributed by atoms with Crippen molar-refractivity contribution in [2.45, 2.75) is 20.0 Å². The lowest BCUT2D eigenvalue weighted by Gasteiger charge is -2.23. The lowest BCUT2D eigenvalue weighted by molar-refractivity contribution is 0.140. The molecule has 0 unspecified atom stereocenters. The molecule has 0 aliphatic rings. The summed E-state index contributed by atoms with van der Waals surface area (Å²) in [6.07, 6.45) is 0. The highest BCUT2D eigenvalue weighted by atomic mass is 35.5. The summed E-state index contributed by atoms with van der Waals surface area (Å²) in [5.74, 6) is 0.365. The maximum absolute atomic E-state index is 9.87. The summed E-state index contributed by atoms with van der Waals surface area (Å²) in [4.78, 5) is 2.27. The zero-order valence-electron chi connectivity index (χ0n) is 14.4. The van der Waals surface area contributed by atoms with Gasteiger partial charge in [0.2, 0.25) is 0 Å². The van der Waals surface area contributed by atoms with Gasteiger partial charge >= 0.3 is 0 Å². The maximum atomic E-state index is 9.87. The van der Waals surface area contributed by atoms with Crippen LogP contribution in [0.15, 0.2) is 36.4 Å². The van der Waals surface area contributed by atoms with Crippen LogP contribution in [0.25, 0.3) is 0 Å². The molecule has 1 N–H and O–H groups in total. The molecule has 0 aliphatic heterocycles. The number of nitrogens with zero attached hydrogens (tertiary/aromatic N) is 1. The number of rotatable bonds is 8. The second-order valence-electron chi connectivity index (χ2n) is 5.82. The molecule has 0 radical (unpaired) electrons. The number of halogens is 1. The van der Waals surface area contributed by atoms with E-state index in [4.69, 9.17) is 21.1 Å². The topological polar surface area (TPSA) is 41.9 Å². The molecule has 24 heavy (non-hydrogen) atoms. The lowest BCUT2D eigenvalue weighted by atomic mass is 10.1. The number of phenolic OH excluding ortho intramolecular Hbond substituents is 1. The summed E-state index contributed by atoms with van der Waals surface area (Å²) in [7, 11) is 3.22. The van der Waals surface area contributed by atoms with E-state index in [1.807, 2.05) is 6.07 Å². The van der Waals surface area contributed by atoms with Gasteiger partial charge in [-0.3, -0.25) is 4.90 Å². The average molecular weight is 350 g/mol. The van der Waals surface area contributed by atoms with Gasteiger partial charge < -0.3 is 14.6 Å². The fraction of sp³-hybridized carbons (Fsp3) is 0.368. The van der Waals surface area contributed by atoms with Gasteiger partial charge in [0.25, 0.3) is 0 Å². The Morgan fingerprint density at radius 2 is 1.71 bits per heavy atom. The molecule has 0 aliphatic carbocycles. The van der Waals surface area contributed by atoms with Gasteiger partial charge in [0.05, 0.1) is 18.7 Å². The van der Waals surface area contributed by atoms with Gasteiger partial charge in [-0.05, 0) is 30.2 Å². The third-order valence-corrected chi connectivity index (χ3v) is 4.14. The first-order valence-corrected chi connectivity index (χ1v) is 8.23. The summed E-state index contributed by atoms with van der Waals surface area (Å²) in [5, 5.41) is 10.2. The van der Waals surface area contributed by atoms with Gasteiger partial charge in [-0.1, -0.05) is 41.4 Å². The zero-order valence-corrected chi connectivity index (χ0v) is 15.1. The Hall–Kier alpha value is -1.75. The Balaban J connectivity index is 2.16. The summed E-state index contributed by atoms with van der Waals surface area (Å²) in [6.45, 7) is 5.02. The minimum Gasteiger partial charge on any atom is -0.503 e. The van der Waals surface area contributed by atoms with Crippen molar-refractivity contribution in [3.63, 3.8) is 0 Å². The van der Waals surface area contributed by atoms with Crippen LogP contribution in [0.5, 0.6) is 11.5 Å². The van der Waals surface area contributed by atoms with Gasteiger partial charge in [0.15, 0.2) is 11.5 Å². The molecule has 130 valence electrons. The molecule has 2 rings (SSSR count). The van der Waals surface area contributed by atoms with Crippen LogP contribution in [0.3, 0.4) is 0 Å². The SMILES string of the molecule is COCCN(Cc1ccc(C)cc1)Cc1cc(Cl)c(O)c(OC)c1. The molecule has 4 nitrogen and oxygen atoms in total. The average Bonchev–Trinajstić information content (AvgIpc) is 2.57. The first-order chi connectivity index (χ1) is 11.5. The number of ether oxygens (including phenoxy) is 2. The van der Waals surface area contributed by atoms with Crippen molar-refractivity contribution >= 4 is 11.6 Å². The van der Waals surface area contributed by atoms with E-state index >= 15 is 0 Å². The van der Waals surface area contributed by atoms with Crippen LogP contribution in [-0.2, 0) is 17.8 Å². The summed E-state index contributed by atoms with van der Waals surface area (Å²) >= 11 is 6.09. The van der Waals surface area contributed by atoms with Crippen LogP contribution in [0, 0.1) is 6.92 Å². The fourth-order valence-electron chi connectivity index (χ4n) is 2.52. The molecular formula is C19H24ClNO3. The molecule has 0 saturated carbocycles. The molecule has 0 spiro atoms. The zero-order chi connectivity index (χ0) is 17.5. The number of hydrogen-bond donors (Lipinski definition) is 1. The fourth-order valence-corrected chi connectivity index (χ4v) is 2.75. The van der Waals surface area contributed by atoms with Crippen molar-refractivity contribution in [1.82, 2.24) is 4.90 Å². The molecule has 0 fully saturated rings. The molecule has 0 bridgehead atoms. The van der Waals surface area contributed by atoms with Crippen molar-refractivity contribution in [2.75, 3.05) is 27.4 Å². The molecule has 0 saturated heterocycles. The van der Waals surface area contributed by atoms with Crippen LogP contribution in [-0.4, -0.2) is 37.4 Å². The normalized spacial score (nSPS) is 11.0. The van der Waals surface area contributed by atoms with E-state index in [1.165, 1.54) is 18.2 Å².